The fourth-order valence-electron chi connectivity index (χ4n) is 3.68. The Morgan fingerprint density at radius 3 is 2.57 bits per heavy atom. The first kappa shape index (κ1) is 19.5. The van der Waals surface area contributed by atoms with Crippen LogP contribution in [0.4, 0.5) is 4.79 Å². The van der Waals surface area contributed by atoms with Crippen LogP contribution in [0.5, 0.6) is 0 Å². The number of rotatable bonds is 6. The summed E-state index contributed by atoms with van der Waals surface area (Å²) in [6.45, 7) is 1.69. The van der Waals surface area contributed by atoms with Gasteiger partial charge in [0.05, 0.1) is 0 Å². The molecule has 0 saturated carbocycles. The van der Waals surface area contributed by atoms with Gasteiger partial charge in [0.25, 0.3) is 5.91 Å². The zero-order valence-corrected chi connectivity index (χ0v) is 16.4. The van der Waals surface area contributed by atoms with E-state index in [2.05, 4.69) is 20.9 Å². The van der Waals surface area contributed by atoms with Gasteiger partial charge in [-0.15, -0.1) is 0 Å². The van der Waals surface area contributed by atoms with Crippen molar-refractivity contribution in [1.29, 1.82) is 5.41 Å². The Bertz CT molecular complexity index is 1090. The number of hydrogen-bond donors (Lipinski definition) is 6. The average Bonchev–Trinajstić information content (AvgIpc) is 3.18. The Balaban J connectivity index is 1.33. The van der Waals surface area contributed by atoms with Crippen LogP contribution in [0.2, 0.25) is 0 Å². The lowest BCUT2D eigenvalue weighted by molar-refractivity contribution is 0.0954. The second kappa shape index (κ2) is 8.28. The number of nitrogen functional groups attached to an aromatic ring is 1. The van der Waals surface area contributed by atoms with Crippen molar-refractivity contribution in [3.63, 3.8) is 0 Å². The van der Waals surface area contributed by atoms with Crippen LogP contribution < -0.4 is 21.7 Å². The molecule has 0 atom stereocenters. The normalized spacial score (nSPS) is 14.2. The van der Waals surface area contributed by atoms with Crippen LogP contribution >= 0.6 is 0 Å². The summed E-state index contributed by atoms with van der Waals surface area (Å²) in [5.41, 5.74) is 9.99. The van der Waals surface area contributed by atoms with E-state index in [1.165, 1.54) is 0 Å². The van der Waals surface area contributed by atoms with Crippen molar-refractivity contribution < 1.29 is 9.59 Å². The number of aromatic nitrogens is 1. The molecule has 4 rings (SSSR count). The molecule has 3 aromatic rings. The average molecular weight is 404 g/mol. The quantitative estimate of drug-likeness (QED) is 0.276. The fraction of sp³-hybridized carbons (Fsp3) is 0.227. The SMILES string of the molecule is N=C(N)c1c[nH]c2ccc(CCNC(=O)c3ccc(C4CNC(=O)NC4)cc3)cc12. The van der Waals surface area contributed by atoms with Gasteiger partial charge in [-0.1, -0.05) is 18.2 Å². The van der Waals surface area contributed by atoms with Gasteiger partial charge < -0.3 is 26.7 Å². The van der Waals surface area contributed by atoms with Gasteiger partial charge in [0.1, 0.15) is 5.84 Å². The second-order valence-corrected chi connectivity index (χ2v) is 7.41. The van der Waals surface area contributed by atoms with E-state index in [0.29, 0.717) is 37.2 Å². The van der Waals surface area contributed by atoms with E-state index in [1.54, 1.807) is 6.20 Å². The molecule has 2 heterocycles. The molecule has 8 nitrogen and oxygen atoms in total. The van der Waals surface area contributed by atoms with Crippen molar-refractivity contribution in [2.45, 2.75) is 12.3 Å². The van der Waals surface area contributed by atoms with Crippen molar-refractivity contribution in [3.8, 4) is 0 Å². The third kappa shape index (κ3) is 4.12. The molecule has 2 aromatic carbocycles. The molecule has 0 unspecified atom stereocenters. The predicted molar refractivity (Wildman–Crippen MR) is 116 cm³/mol. The summed E-state index contributed by atoms with van der Waals surface area (Å²) in [4.78, 5) is 26.7. The van der Waals surface area contributed by atoms with E-state index in [4.69, 9.17) is 11.1 Å². The molecule has 1 aliphatic rings. The number of aromatic amines is 1. The van der Waals surface area contributed by atoms with Crippen molar-refractivity contribution >= 4 is 28.7 Å². The van der Waals surface area contributed by atoms with Crippen molar-refractivity contribution in [2.24, 2.45) is 5.73 Å². The summed E-state index contributed by atoms with van der Waals surface area (Å²) >= 11 is 0. The number of nitrogens with two attached hydrogens (primary N) is 1. The van der Waals surface area contributed by atoms with Crippen molar-refractivity contribution in [2.75, 3.05) is 19.6 Å². The largest absolute Gasteiger partial charge is 0.384 e. The second-order valence-electron chi connectivity index (χ2n) is 7.41. The van der Waals surface area contributed by atoms with Gasteiger partial charge in [0, 0.05) is 53.8 Å². The Morgan fingerprint density at radius 2 is 1.87 bits per heavy atom. The van der Waals surface area contributed by atoms with E-state index in [1.807, 2.05) is 42.5 Å². The van der Waals surface area contributed by atoms with Crippen LogP contribution in [0.15, 0.2) is 48.7 Å². The Morgan fingerprint density at radius 1 is 1.13 bits per heavy atom. The van der Waals surface area contributed by atoms with E-state index >= 15 is 0 Å². The van der Waals surface area contributed by atoms with Gasteiger partial charge in [-0.2, -0.15) is 0 Å². The Kier molecular flexibility index (Phi) is 5.38. The summed E-state index contributed by atoms with van der Waals surface area (Å²) in [5, 5.41) is 17.1. The summed E-state index contributed by atoms with van der Waals surface area (Å²) < 4.78 is 0. The molecular weight excluding hydrogens is 380 g/mol. The van der Waals surface area contributed by atoms with Gasteiger partial charge in [0.15, 0.2) is 0 Å². The lowest BCUT2D eigenvalue weighted by Crippen LogP contribution is -2.47. The van der Waals surface area contributed by atoms with Crippen molar-refractivity contribution in [1.82, 2.24) is 20.9 Å². The number of urea groups is 1. The molecule has 0 spiro atoms. The number of carbonyl (C=O) groups excluding carboxylic acids is 2. The van der Waals surface area contributed by atoms with Gasteiger partial charge in [-0.25, -0.2) is 4.79 Å². The molecule has 7 N–H and O–H groups in total. The number of benzene rings is 2. The van der Waals surface area contributed by atoms with Crippen molar-refractivity contribution in [3.05, 3.63) is 70.9 Å². The highest BCUT2D eigenvalue weighted by atomic mass is 16.2. The first-order valence-electron chi connectivity index (χ1n) is 9.85. The van der Waals surface area contributed by atoms with Crippen LogP contribution in [0, 0.1) is 5.41 Å². The molecule has 0 aliphatic carbocycles. The number of nitrogens with one attached hydrogen (secondary N) is 5. The van der Waals surface area contributed by atoms with Crippen LogP contribution in [-0.4, -0.2) is 42.4 Å². The van der Waals surface area contributed by atoms with Crippen LogP contribution in [-0.2, 0) is 6.42 Å². The first-order valence-corrected chi connectivity index (χ1v) is 9.85. The highest BCUT2D eigenvalue weighted by molar-refractivity contribution is 6.07. The molecule has 0 bridgehead atoms. The lowest BCUT2D eigenvalue weighted by Gasteiger charge is -2.24. The standard InChI is InChI=1S/C22H24N6O2/c23-20(24)18-12-26-19-6-1-13(9-17(18)19)7-8-25-21(29)15-4-2-14(3-5-15)16-10-27-22(30)28-11-16/h1-6,9,12,16,26H,7-8,10-11H2,(H3,23,24)(H,25,29)(H2,27,28,30). The third-order valence-electron chi connectivity index (χ3n) is 5.40. The molecule has 8 heteroatoms. The monoisotopic (exact) mass is 404 g/mol. The molecule has 1 aliphatic heterocycles. The molecule has 1 fully saturated rings. The van der Waals surface area contributed by atoms with Gasteiger partial charge >= 0.3 is 6.03 Å². The topological polar surface area (TPSA) is 136 Å². The number of H-pyrrole nitrogens is 1. The zero-order valence-electron chi connectivity index (χ0n) is 16.4. The third-order valence-corrected chi connectivity index (χ3v) is 5.40. The predicted octanol–water partition coefficient (Wildman–Crippen LogP) is 1.82. The number of fused-ring (bicyclic) bond motifs is 1. The maximum Gasteiger partial charge on any atom is 0.314 e. The van der Waals surface area contributed by atoms with E-state index in [0.717, 1.165) is 22.0 Å². The van der Waals surface area contributed by atoms with Gasteiger partial charge in [0.2, 0.25) is 0 Å². The maximum absolute atomic E-state index is 12.4. The number of amidine groups is 1. The molecule has 1 saturated heterocycles. The van der Waals surface area contributed by atoms with E-state index in [9.17, 15) is 9.59 Å². The Labute approximate surface area is 173 Å². The minimum absolute atomic E-state index is 0.0292. The van der Waals surface area contributed by atoms with Crippen LogP contribution in [0.25, 0.3) is 10.9 Å². The molecule has 154 valence electrons. The number of amides is 3. The first-order chi connectivity index (χ1) is 14.5. The summed E-state index contributed by atoms with van der Waals surface area (Å²) in [6.07, 6.45) is 2.41. The summed E-state index contributed by atoms with van der Waals surface area (Å²) in [5.74, 6) is 0.105. The molecule has 30 heavy (non-hydrogen) atoms. The molecule has 1 aromatic heterocycles. The van der Waals surface area contributed by atoms with E-state index in [-0.39, 0.29) is 23.7 Å². The lowest BCUT2D eigenvalue weighted by atomic mass is 9.96. The number of hydrogen-bond acceptors (Lipinski definition) is 3. The highest BCUT2D eigenvalue weighted by Gasteiger charge is 2.19. The summed E-state index contributed by atoms with van der Waals surface area (Å²) in [6, 6.07) is 13.3. The Hall–Kier alpha value is -3.81. The minimum Gasteiger partial charge on any atom is -0.384 e. The molecular formula is C22H24N6O2. The van der Waals surface area contributed by atoms with Crippen LogP contribution in [0.3, 0.4) is 0 Å². The highest BCUT2D eigenvalue weighted by Crippen LogP contribution is 2.20. The number of carbonyl (C=O) groups is 2. The summed E-state index contributed by atoms with van der Waals surface area (Å²) in [7, 11) is 0. The van der Waals surface area contributed by atoms with Gasteiger partial charge in [-0.05, 0) is 41.8 Å². The molecule has 0 radical (unpaired) electrons. The smallest absolute Gasteiger partial charge is 0.314 e. The fourth-order valence-corrected chi connectivity index (χ4v) is 3.68. The minimum atomic E-state index is -0.143. The zero-order chi connectivity index (χ0) is 21.1. The maximum atomic E-state index is 12.4. The molecule has 3 amide bonds. The van der Waals surface area contributed by atoms with Crippen LogP contribution in [0.1, 0.15) is 33.0 Å². The van der Waals surface area contributed by atoms with Gasteiger partial charge in [-0.3, -0.25) is 10.2 Å². The van der Waals surface area contributed by atoms with E-state index < -0.39 is 0 Å².